The Kier molecular flexibility index (Phi) is 6.18. The molecule has 0 radical (unpaired) electrons. The number of piperidine rings is 1. The summed E-state index contributed by atoms with van der Waals surface area (Å²) in [6, 6.07) is 8.67. The third-order valence-electron chi connectivity index (χ3n) is 5.17. The molecule has 0 unspecified atom stereocenters. The molecule has 1 aromatic carbocycles. The molecule has 1 fully saturated rings. The van der Waals surface area contributed by atoms with E-state index in [1.54, 1.807) is 40.4 Å². The third kappa shape index (κ3) is 4.34. The Morgan fingerprint density at radius 1 is 1.22 bits per heavy atom. The zero-order chi connectivity index (χ0) is 19.4. The topological polar surface area (TPSA) is 76.5 Å². The first-order chi connectivity index (χ1) is 12.9. The number of sulfonamides is 1. The van der Waals surface area contributed by atoms with Crippen molar-refractivity contribution in [3.8, 4) is 5.88 Å². The minimum absolute atomic E-state index is 0.376. The van der Waals surface area contributed by atoms with Crippen LogP contribution in [0.1, 0.15) is 24.1 Å². The molecule has 8 heteroatoms. The summed E-state index contributed by atoms with van der Waals surface area (Å²) < 4.78 is 34.2. The number of benzene rings is 1. The van der Waals surface area contributed by atoms with Crippen molar-refractivity contribution in [3.05, 3.63) is 41.6 Å². The molecule has 0 aliphatic carbocycles. The van der Waals surface area contributed by atoms with Gasteiger partial charge >= 0.3 is 0 Å². The van der Waals surface area contributed by atoms with Gasteiger partial charge in [-0.25, -0.2) is 13.1 Å². The predicted octanol–water partition coefficient (Wildman–Crippen LogP) is 1.93. The molecule has 0 bridgehead atoms. The van der Waals surface area contributed by atoms with Crippen LogP contribution in [-0.2, 0) is 23.6 Å². The highest BCUT2D eigenvalue weighted by Crippen LogP contribution is 2.24. The highest BCUT2D eigenvalue weighted by atomic mass is 32.2. The highest BCUT2D eigenvalue weighted by molar-refractivity contribution is 7.89. The first kappa shape index (κ1) is 19.9. The fourth-order valence-electron chi connectivity index (χ4n) is 3.64. The molecule has 2 aromatic rings. The maximum absolute atomic E-state index is 12.7. The number of hydrogen-bond acceptors (Lipinski definition) is 5. The van der Waals surface area contributed by atoms with Crippen LogP contribution in [0.4, 0.5) is 0 Å². The van der Waals surface area contributed by atoms with Crippen LogP contribution in [0.5, 0.6) is 5.88 Å². The van der Waals surface area contributed by atoms with Crippen molar-refractivity contribution in [1.29, 1.82) is 0 Å². The van der Waals surface area contributed by atoms with Gasteiger partial charge in [0.15, 0.2) is 0 Å². The number of nitrogens with one attached hydrogen (secondary N) is 1. The summed E-state index contributed by atoms with van der Waals surface area (Å²) in [7, 11) is 0.153. The van der Waals surface area contributed by atoms with Gasteiger partial charge in [0, 0.05) is 26.7 Å². The second-order valence-corrected chi connectivity index (χ2v) is 8.93. The monoisotopic (exact) mass is 392 g/mol. The summed E-state index contributed by atoms with van der Waals surface area (Å²) in [6.07, 6.45) is 1.73. The van der Waals surface area contributed by atoms with Crippen LogP contribution in [0.25, 0.3) is 0 Å². The lowest BCUT2D eigenvalue weighted by molar-refractivity contribution is 0.266. The van der Waals surface area contributed by atoms with E-state index >= 15 is 0 Å². The Morgan fingerprint density at radius 2 is 1.89 bits per heavy atom. The van der Waals surface area contributed by atoms with E-state index in [9.17, 15) is 8.42 Å². The van der Waals surface area contributed by atoms with Crippen LogP contribution in [0, 0.1) is 12.8 Å². The summed E-state index contributed by atoms with van der Waals surface area (Å²) in [4.78, 5) is 0.376. The molecule has 148 valence electrons. The van der Waals surface area contributed by atoms with Gasteiger partial charge in [-0.2, -0.15) is 9.40 Å². The van der Waals surface area contributed by atoms with Gasteiger partial charge in [0.25, 0.3) is 0 Å². The molecule has 2 heterocycles. The molecular weight excluding hydrogens is 364 g/mol. The quantitative estimate of drug-likeness (QED) is 0.779. The van der Waals surface area contributed by atoms with Crippen LogP contribution in [0.15, 0.2) is 35.2 Å². The van der Waals surface area contributed by atoms with Crippen molar-refractivity contribution in [2.24, 2.45) is 13.0 Å². The van der Waals surface area contributed by atoms with Crippen molar-refractivity contribution in [2.45, 2.75) is 31.2 Å². The zero-order valence-corrected chi connectivity index (χ0v) is 17.0. The largest absolute Gasteiger partial charge is 0.481 e. The lowest BCUT2D eigenvalue weighted by Crippen LogP contribution is -2.40. The molecule has 1 aliphatic rings. The molecule has 0 spiro atoms. The normalized spacial score (nSPS) is 16.6. The number of rotatable bonds is 7. The van der Waals surface area contributed by atoms with E-state index in [1.165, 1.54) is 0 Å². The molecule has 3 rings (SSSR count). The number of methoxy groups -OCH3 is 1. The van der Waals surface area contributed by atoms with Crippen LogP contribution in [0.2, 0.25) is 0 Å². The van der Waals surface area contributed by atoms with Crippen molar-refractivity contribution in [1.82, 2.24) is 19.4 Å². The molecule has 7 nitrogen and oxygen atoms in total. The highest BCUT2D eigenvalue weighted by Gasteiger charge is 2.29. The minimum Gasteiger partial charge on any atom is -0.481 e. The van der Waals surface area contributed by atoms with E-state index in [1.807, 2.05) is 20.0 Å². The Balaban J connectivity index is 1.51. The number of nitrogens with zero attached hydrogens (tertiary/aromatic N) is 3. The summed E-state index contributed by atoms with van der Waals surface area (Å²) in [5.41, 5.74) is 2.04. The maximum Gasteiger partial charge on any atom is 0.243 e. The number of aryl methyl sites for hydroxylation is 2. The molecular formula is C19H28N4O3S. The van der Waals surface area contributed by atoms with E-state index in [0.717, 1.165) is 36.5 Å². The van der Waals surface area contributed by atoms with Gasteiger partial charge in [-0.1, -0.05) is 18.2 Å². The van der Waals surface area contributed by atoms with Crippen LogP contribution < -0.4 is 10.1 Å². The predicted molar refractivity (Wildman–Crippen MR) is 104 cm³/mol. The molecule has 1 aliphatic heterocycles. The van der Waals surface area contributed by atoms with E-state index < -0.39 is 10.0 Å². The van der Waals surface area contributed by atoms with Gasteiger partial charge in [0.05, 0.1) is 23.3 Å². The maximum atomic E-state index is 12.7. The van der Waals surface area contributed by atoms with E-state index in [-0.39, 0.29) is 0 Å². The minimum atomic E-state index is -3.38. The second kappa shape index (κ2) is 8.41. The lowest BCUT2D eigenvalue weighted by Gasteiger charge is -2.31. The van der Waals surface area contributed by atoms with Crippen LogP contribution >= 0.6 is 0 Å². The van der Waals surface area contributed by atoms with Crippen molar-refractivity contribution < 1.29 is 13.2 Å². The Hall–Kier alpha value is -1.90. The Labute approximate surface area is 161 Å². The standard InChI is InChI=1S/C19H28N4O3S/c1-15-18(19(26-3)22(2)21-15)14-20-13-16-9-11-23(12-10-16)27(24,25)17-7-5-4-6-8-17/h4-8,16,20H,9-14H2,1-3H3. The summed E-state index contributed by atoms with van der Waals surface area (Å²) in [6.45, 7) is 4.67. The van der Waals surface area contributed by atoms with Gasteiger partial charge in [-0.05, 0) is 44.4 Å². The molecule has 1 aromatic heterocycles. The van der Waals surface area contributed by atoms with Gasteiger partial charge in [0.2, 0.25) is 15.9 Å². The van der Waals surface area contributed by atoms with Crippen molar-refractivity contribution >= 4 is 10.0 Å². The van der Waals surface area contributed by atoms with Crippen molar-refractivity contribution in [2.75, 3.05) is 26.7 Å². The smallest absolute Gasteiger partial charge is 0.243 e. The van der Waals surface area contributed by atoms with Gasteiger partial charge in [-0.15, -0.1) is 0 Å². The van der Waals surface area contributed by atoms with Gasteiger partial charge in [-0.3, -0.25) is 0 Å². The van der Waals surface area contributed by atoms with Crippen LogP contribution in [-0.4, -0.2) is 49.2 Å². The fourth-order valence-corrected chi connectivity index (χ4v) is 5.13. The molecule has 0 atom stereocenters. The van der Waals surface area contributed by atoms with Crippen molar-refractivity contribution in [3.63, 3.8) is 0 Å². The fraction of sp³-hybridized carbons (Fsp3) is 0.526. The molecule has 1 N–H and O–H groups in total. The van der Waals surface area contributed by atoms with E-state index in [2.05, 4.69) is 10.4 Å². The Morgan fingerprint density at radius 3 is 2.52 bits per heavy atom. The summed E-state index contributed by atoms with van der Waals surface area (Å²) in [5, 5.41) is 7.88. The van der Waals surface area contributed by atoms with E-state index in [4.69, 9.17) is 4.74 Å². The number of hydrogen-bond donors (Lipinski definition) is 1. The van der Waals surface area contributed by atoms with Gasteiger partial charge in [0.1, 0.15) is 0 Å². The molecule has 0 amide bonds. The SMILES string of the molecule is COc1c(CNCC2CCN(S(=O)(=O)c3ccccc3)CC2)c(C)nn1C. The molecule has 27 heavy (non-hydrogen) atoms. The second-order valence-electron chi connectivity index (χ2n) is 6.99. The first-order valence-electron chi connectivity index (χ1n) is 9.26. The number of ether oxygens (including phenoxy) is 1. The van der Waals surface area contributed by atoms with Crippen LogP contribution in [0.3, 0.4) is 0 Å². The van der Waals surface area contributed by atoms with E-state index in [0.29, 0.717) is 30.4 Å². The number of aromatic nitrogens is 2. The first-order valence-corrected chi connectivity index (χ1v) is 10.7. The summed E-state index contributed by atoms with van der Waals surface area (Å²) in [5.74, 6) is 1.25. The average molecular weight is 393 g/mol. The van der Waals surface area contributed by atoms with Gasteiger partial charge < -0.3 is 10.1 Å². The molecule has 0 saturated carbocycles. The zero-order valence-electron chi connectivity index (χ0n) is 16.2. The average Bonchev–Trinajstić information content (AvgIpc) is 2.95. The summed E-state index contributed by atoms with van der Waals surface area (Å²) >= 11 is 0. The molecule has 1 saturated heterocycles. The lowest BCUT2D eigenvalue weighted by atomic mass is 9.98. The Bertz CT molecular complexity index is 857. The third-order valence-corrected chi connectivity index (χ3v) is 7.08.